The van der Waals surface area contributed by atoms with E-state index in [4.69, 9.17) is 0 Å². The van der Waals surface area contributed by atoms with Gasteiger partial charge < -0.3 is 4.90 Å². The summed E-state index contributed by atoms with van der Waals surface area (Å²) >= 11 is 6.86. The van der Waals surface area contributed by atoms with Crippen molar-refractivity contribution in [2.45, 2.75) is 33.5 Å². The molecule has 0 aliphatic rings. The maximum Gasteiger partial charge on any atom is 0.244 e. The van der Waals surface area contributed by atoms with Crippen molar-refractivity contribution in [2.24, 2.45) is 0 Å². The van der Waals surface area contributed by atoms with Gasteiger partial charge in [0.25, 0.3) is 0 Å². The molecule has 0 aliphatic heterocycles. The Morgan fingerprint density at radius 3 is 2.67 bits per heavy atom. The van der Waals surface area contributed by atoms with Gasteiger partial charge in [0.1, 0.15) is 6.54 Å². The molecule has 0 bridgehead atoms. The van der Waals surface area contributed by atoms with E-state index in [-0.39, 0.29) is 12.5 Å². The van der Waals surface area contributed by atoms with Gasteiger partial charge in [-0.1, -0.05) is 0 Å². The molecule has 0 saturated heterocycles. The van der Waals surface area contributed by atoms with Crippen LogP contribution in [0.4, 0.5) is 0 Å². The van der Waals surface area contributed by atoms with Crippen molar-refractivity contribution >= 4 is 37.8 Å². The molecule has 0 radical (unpaired) electrons. The highest BCUT2D eigenvalue weighted by Gasteiger charge is 2.16. The molecular weight excluding hydrogens is 402 g/mol. The Hall–Kier alpha value is -1.15. The first-order valence-corrected chi connectivity index (χ1v) is 8.14. The number of amides is 1. The molecule has 0 fully saturated rings. The number of carbonyl (C=O) groups excluding carboxylic acids is 1. The topological polar surface area (TPSA) is 56.0 Å². The molecule has 1 amide bonds. The van der Waals surface area contributed by atoms with E-state index in [1.54, 1.807) is 22.8 Å². The predicted octanol–water partition coefficient (Wildman–Crippen LogP) is 2.59. The van der Waals surface area contributed by atoms with Crippen LogP contribution in [0.1, 0.15) is 18.3 Å². The van der Waals surface area contributed by atoms with Crippen molar-refractivity contribution in [1.29, 1.82) is 0 Å². The van der Waals surface area contributed by atoms with Crippen LogP contribution >= 0.6 is 31.9 Å². The normalized spacial score (nSPS) is 10.9. The maximum absolute atomic E-state index is 12.3. The fourth-order valence-corrected chi connectivity index (χ4v) is 2.70. The Bertz CT molecular complexity index is 630. The van der Waals surface area contributed by atoms with Gasteiger partial charge in [0, 0.05) is 19.8 Å². The Balaban J connectivity index is 2.04. The SMILES string of the molecule is CCn1ncc(Br)c1CN(C)C(=O)Cn1cc(Br)c(C)n1. The molecule has 0 spiro atoms. The van der Waals surface area contributed by atoms with Crippen LogP contribution in [-0.4, -0.2) is 37.4 Å². The van der Waals surface area contributed by atoms with E-state index < -0.39 is 0 Å². The molecule has 2 aromatic rings. The molecule has 0 saturated carbocycles. The van der Waals surface area contributed by atoms with Crippen LogP contribution in [0.15, 0.2) is 21.3 Å². The van der Waals surface area contributed by atoms with Crippen molar-refractivity contribution in [3.8, 4) is 0 Å². The fraction of sp³-hybridized carbons (Fsp3) is 0.462. The Morgan fingerprint density at radius 1 is 1.38 bits per heavy atom. The summed E-state index contributed by atoms with van der Waals surface area (Å²) < 4.78 is 5.35. The third kappa shape index (κ3) is 3.74. The standard InChI is InChI=1S/C13H17Br2N5O/c1-4-20-12(10(14)5-16-20)7-18(3)13(21)8-19-6-11(15)9(2)17-19/h5-6H,4,7-8H2,1-3H3. The smallest absolute Gasteiger partial charge is 0.244 e. The van der Waals surface area contributed by atoms with Gasteiger partial charge in [-0.3, -0.25) is 14.2 Å². The highest BCUT2D eigenvalue weighted by atomic mass is 79.9. The van der Waals surface area contributed by atoms with Crippen LogP contribution in [0.2, 0.25) is 0 Å². The summed E-state index contributed by atoms with van der Waals surface area (Å²) in [6, 6.07) is 0. The van der Waals surface area contributed by atoms with Gasteiger partial charge >= 0.3 is 0 Å². The van der Waals surface area contributed by atoms with Crippen molar-refractivity contribution < 1.29 is 4.79 Å². The Labute approximate surface area is 140 Å². The molecule has 0 unspecified atom stereocenters. The molecule has 6 nitrogen and oxygen atoms in total. The Morgan fingerprint density at radius 2 is 2.10 bits per heavy atom. The summed E-state index contributed by atoms with van der Waals surface area (Å²) in [4.78, 5) is 14.0. The molecule has 2 heterocycles. The summed E-state index contributed by atoms with van der Waals surface area (Å²) in [6.45, 7) is 5.42. The molecule has 0 aromatic carbocycles. The first kappa shape index (κ1) is 16.2. The van der Waals surface area contributed by atoms with Gasteiger partial charge in [0.2, 0.25) is 5.91 Å². The second-order valence-electron chi connectivity index (χ2n) is 4.76. The largest absolute Gasteiger partial charge is 0.338 e. The van der Waals surface area contributed by atoms with Gasteiger partial charge in [-0.25, -0.2) is 0 Å². The third-order valence-electron chi connectivity index (χ3n) is 3.19. The van der Waals surface area contributed by atoms with Crippen LogP contribution < -0.4 is 0 Å². The summed E-state index contributed by atoms with van der Waals surface area (Å²) in [5.41, 5.74) is 1.86. The maximum atomic E-state index is 12.3. The van der Waals surface area contributed by atoms with E-state index in [0.29, 0.717) is 6.54 Å². The lowest BCUT2D eigenvalue weighted by molar-refractivity contribution is -0.131. The summed E-state index contributed by atoms with van der Waals surface area (Å²) in [7, 11) is 1.78. The number of aryl methyl sites for hydroxylation is 2. The van der Waals surface area contributed by atoms with E-state index >= 15 is 0 Å². The van der Waals surface area contributed by atoms with Gasteiger partial charge in [0.15, 0.2) is 0 Å². The van der Waals surface area contributed by atoms with E-state index in [9.17, 15) is 4.79 Å². The molecule has 0 N–H and O–H groups in total. The first-order chi connectivity index (χ1) is 9.92. The van der Waals surface area contributed by atoms with Gasteiger partial charge in [-0.15, -0.1) is 0 Å². The van der Waals surface area contributed by atoms with Crippen LogP contribution in [-0.2, 0) is 24.4 Å². The lowest BCUT2D eigenvalue weighted by Gasteiger charge is -2.18. The average molecular weight is 419 g/mol. The van der Waals surface area contributed by atoms with Crippen LogP contribution in [0, 0.1) is 6.92 Å². The number of likely N-dealkylation sites (N-methyl/N-ethyl adjacent to an activating group) is 1. The number of carbonyl (C=O) groups is 1. The minimum Gasteiger partial charge on any atom is -0.338 e. The second kappa shape index (κ2) is 6.74. The minimum absolute atomic E-state index is 0.000697. The quantitative estimate of drug-likeness (QED) is 0.749. The number of rotatable bonds is 5. The monoisotopic (exact) mass is 417 g/mol. The zero-order chi connectivity index (χ0) is 15.6. The van der Waals surface area contributed by atoms with Crippen molar-refractivity contribution in [3.63, 3.8) is 0 Å². The fourth-order valence-electron chi connectivity index (χ4n) is 1.96. The van der Waals surface area contributed by atoms with Gasteiger partial charge in [0.05, 0.1) is 33.1 Å². The highest BCUT2D eigenvalue weighted by Crippen LogP contribution is 2.18. The van der Waals surface area contributed by atoms with Crippen LogP contribution in [0.3, 0.4) is 0 Å². The molecule has 8 heteroatoms. The van der Waals surface area contributed by atoms with Crippen LogP contribution in [0.25, 0.3) is 0 Å². The average Bonchev–Trinajstić information content (AvgIpc) is 2.93. The summed E-state index contributed by atoms with van der Waals surface area (Å²) in [5.74, 6) is 0.000697. The van der Waals surface area contributed by atoms with Crippen molar-refractivity contribution in [1.82, 2.24) is 24.5 Å². The van der Waals surface area contributed by atoms with E-state index in [1.807, 2.05) is 24.7 Å². The number of aromatic nitrogens is 4. The van der Waals surface area contributed by atoms with Gasteiger partial charge in [-0.05, 0) is 45.7 Å². The molecule has 21 heavy (non-hydrogen) atoms. The molecular formula is C13H17Br2N5O. The zero-order valence-electron chi connectivity index (χ0n) is 12.2. The third-order valence-corrected chi connectivity index (χ3v) is 4.63. The number of hydrogen-bond acceptors (Lipinski definition) is 3. The highest BCUT2D eigenvalue weighted by molar-refractivity contribution is 9.10. The molecule has 2 aromatic heterocycles. The van der Waals surface area contributed by atoms with Crippen molar-refractivity contribution in [3.05, 3.63) is 32.7 Å². The molecule has 0 atom stereocenters. The molecule has 0 aliphatic carbocycles. The van der Waals surface area contributed by atoms with Crippen LogP contribution in [0.5, 0.6) is 0 Å². The second-order valence-corrected chi connectivity index (χ2v) is 6.47. The lowest BCUT2D eigenvalue weighted by atomic mass is 10.3. The minimum atomic E-state index is 0.000697. The zero-order valence-corrected chi connectivity index (χ0v) is 15.3. The Kier molecular flexibility index (Phi) is 5.21. The van der Waals surface area contributed by atoms with Gasteiger partial charge in [-0.2, -0.15) is 10.2 Å². The lowest BCUT2D eigenvalue weighted by Crippen LogP contribution is -2.31. The summed E-state index contributed by atoms with van der Waals surface area (Å²) in [6.07, 6.45) is 3.57. The molecule has 114 valence electrons. The van der Waals surface area contributed by atoms with Crippen molar-refractivity contribution in [2.75, 3.05) is 7.05 Å². The number of hydrogen-bond donors (Lipinski definition) is 0. The predicted molar refractivity (Wildman–Crippen MR) is 86.7 cm³/mol. The van der Waals surface area contributed by atoms with E-state index in [0.717, 1.165) is 26.9 Å². The van der Waals surface area contributed by atoms with E-state index in [1.165, 1.54) is 0 Å². The number of nitrogens with zero attached hydrogens (tertiary/aromatic N) is 5. The first-order valence-electron chi connectivity index (χ1n) is 6.56. The number of halogens is 2. The molecule has 2 rings (SSSR count). The summed E-state index contributed by atoms with van der Waals surface area (Å²) in [5, 5.41) is 8.53. The van der Waals surface area contributed by atoms with E-state index in [2.05, 4.69) is 42.1 Å².